The van der Waals surface area contributed by atoms with Gasteiger partial charge < -0.3 is 15.6 Å². The summed E-state index contributed by atoms with van der Waals surface area (Å²) in [4.78, 5) is 33.0. The first kappa shape index (κ1) is 21.5. The molecule has 0 aliphatic heterocycles. The molecule has 3 N–H and O–H groups in total. The van der Waals surface area contributed by atoms with Gasteiger partial charge in [0.05, 0.1) is 21.6 Å². The van der Waals surface area contributed by atoms with E-state index in [9.17, 15) is 9.59 Å². The van der Waals surface area contributed by atoms with Crippen LogP contribution < -0.4 is 10.6 Å². The van der Waals surface area contributed by atoms with Crippen molar-refractivity contribution < 1.29 is 9.59 Å². The molecule has 3 rings (SSSR count). The van der Waals surface area contributed by atoms with Crippen molar-refractivity contribution in [2.24, 2.45) is 0 Å². The topological polar surface area (TPSA) is 86.9 Å². The van der Waals surface area contributed by atoms with Crippen molar-refractivity contribution in [1.29, 1.82) is 0 Å². The van der Waals surface area contributed by atoms with Crippen molar-refractivity contribution in [2.45, 2.75) is 19.4 Å². The average Bonchev–Trinajstić information content (AvgIpc) is 3.04. The van der Waals surface area contributed by atoms with E-state index in [1.165, 1.54) is 12.1 Å². The van der Waals surface area contributed by atoms with Crippen molar-refractivity contribution >= 4 is 63.5 Å². The van der Waals surface area contributed by atoms with E-state index < -0.39 is 11.9 Å². The Bertz CT molecular complexity index is 1050. The summed E-state index contributed by atoms with van der Waals surface area (Å²) in [7, 11) is 0. The van der Waals surface area contributed by atoms with Gasteiger partial charge in [0.1, 0.15) is 11.9 Å². The van der Waals surface area contributed by atoms with Crippen LogP contribution in [-0.4, -0.2) is 39.8 Å². The maximum absolute atomic E-state index is 12.9. The molecule has 29 heavy (non-hydrogen) atoms. The zero-order valence-corrected chi connectivity index (χ0v) is 18.2. The summed E-state index contributed by atoms with van der Waals surface area (Å²) in [5.74, 6) is 0.792. The van der Waals surface area contributed by atoms with Crippen LogP contribution in [0.15, 0.2) is 36.4 Å². The number of nitrogens with one attached hydrogen (secondary N) is 3. The molecule has 0 aliphatic rings. The Morgan fingerprint density at radius 3 is 2.72 bits per heavy atom. The van der Waals surface area contributed by atoms with Gasteiger partial charge in [0.2, 0.25) is 5.91 Å². The minimum atomic E-state index is -0.708. The van der Waals surface area contributed by atoms with Crippen LogP contribution in [0.4, 0.5) is 5.69 Å². The number of benzene rings is 2. The Morgan fingerprint density at radius 2 is 2.00 bits per heavy atom. The van der Waals surface area contributed by atoms with Gasteiger partial charge in [-0.3, -0.25) is 9.59 Å². The quantitative estimate of drug-likeness (QED) is 0.487. The van der Waals surface area contributed by atoms with E-state index in [0.29, 0.717) is 22.9 Å². The summed E-state index contributed by atoms with van der Waals surface area (Å²) in [6, 6.07) is 9.34. The molecule has 0 spiro atoms. The maximum atomic E-state index is 12.9. The summed E-state index contributed by atoms with van der Waals surface area (Å²) in [5.41, 5.74) is 2.55. The molecule has 3 aromatic rings. The highest BCUT2D eigenvalue weighted by molar-refractivity contribution is 7.98. The fourth-order valence-electron chi connectivity index (χ4n) is 2.86. The number of hydrogen-bond acceptors (Lipinski definition) is 4. The molecule has 1 atom stereocenters. The third-order valence-electron chi connectivity index (χ3n) is 4.28. The summed E-state index contributed by atoms with van der Waals surface area (Å²) in [5, 5.41) is 6.32. The second-order valence-electron chi connectivity index (χ2n) is 6.48. The van der Waals surface area contributed by atoms with Crippen molar-refractivity contribution in [3.63, 3.8) is 0 Å². The molecule has 0 saturated heterocycles. The van der Waals surface area contributed by atoms with E-state index in [2.05, 4.69) is 20.6 Å². The lowest BCUT2D eigenvalue weighted by atomic mass is 10.1. The minimum absolute atomic E-state index is 0.235. The normalized spacial score (nSPS) is 12.0. The number of imidazole rings is 1. The van der Waals surface area contributed by atoms with Crippen LogP contribution in [0.2, 0.25) is 10.0 Å². The van der Waals surface area contributed by atoms with E-state index >= 15 is 0 Å². The van der Waals surface area contributed by atoms with Gasteiger partial charge in [0.25, 0.3) is 5.91 Å². The SMILES string of the molecule is CSCC[C@H](NC(=O)c1ccc(Cl)cc1Cl)C(=O)Nc1ccc2nc(C)[nH]c2c1. The van der Waals surface area contributed by atoms with E-state index in [-0.39, 0.29) is 16.5 Å². The zero-order chi connectivity index (χ0) is 21.0. The molecule has 0 bridgehead atoms. The Hall–Kier alpha value is -2.22. The lowest BCUT2D eigenvalue weighted by Gasteiger charge is -2.18. The van der Waals surface area contributed by atoms with Gasteiger partial charge >= 0.3 is 0 Å². The van der Waals surface area contributed by atoms with Crippen LogP contribution in [-0.2, 0) is 4.79 Å². The molecule has 0 saturated carbocycles. The first-order valence-corrected chi connectivity index (χ1v) is 11.0. The number of rotatable bonds is 7. The molecule has 0 unspecified atom stereocenters. The first-order chi connectivity index (χ1) is 13.9. The number of amides is 2. The Balaban J connectivity index is 1.75. The largest absolute Gasteiger partial charge is 0.342 e. The summed E-state index contributed by atoms with van der Waals surface area (Å²) < 4.78 is 0. The van der Waals surface area contributed by atoms with Crippen molar-refractivity contribution in [2.75, 3.05) is 17.3 Å². The predicted octanol–water partition coefficient (Wildman–Crippen LogP) is 4.67. The van der Waals surface area contributed by atoms with Gasteiger partial charge in [-0.25, -0.2) is 4.98 Å². The number of nitrogens with zero attached hydrogens (tertiary/aromatic N) is 1. The molecule has 6 nitrogen and oxygen atoms in total. The van der Waals surface area contributed by atoms with Crippen LogP contribution >= 0.6 is 35.0 Å². The summed E-state index contributed by atoms with van der Waals surface area (Å²) in [6.45, 7) is 1.87. The number of aryl methyl sites for hydroxylation is 1. The van der Waals surface area contributed by atoms with Gasteiger partial charge in [-0.05, 0) is 61.8 Å². The van der Waals surface area contributed by atoms with Crippen LogP contribution in [0.25, 0.3) is 11.0 Å². The molecular weight excluding hydrogens is 431 g/mol. The Morgan fingerprint density at radius 1 is 1.21 bits per heavy atom. The van der Waals surface area contributed by atoms with Gasteiger partial charge in [0.15, 0.2) is 0 Å². The molecule has 9 heteroatoms. The smallest absolute Gasteiger partial charge is 0.253 e. The highest BCUT2D eigenvalue weighted by atomic mass is 35.5. The van der Waals surface area contributed by atoms with Gasteiger partial charge in [-0.1, -0.05) is 23.2 Å². The second kappa shape index (κ2) is 9.52. The third kappa shape index (κ3) is 5.44. The molecule has 2 aromatic carbocycles. The second-order valence-corrected chi connectivity index (χ2v) is 8.30. The molecule has 152 valence electrons. The van der Waals surface area contributed by atoms with Crippen LogP contribution in [0.3, 0.4) is 0 Å². The van der Waals surface area contributed by atoms with Crippen LogP contribution in [0.5, 0.6) is 0 Å². The standard InChI is InChI=1S/C20H20Cl2N4O2S/c1-11-23-16-6-4-13(10-18(16)24-11)25-20(28)17(7-8-29-2)26-19(27)14-5-3-12(21)9-15(14)22/h3-6,9-10,17H,7-8H2,1-2H3,(H,23,24)(H,25,28)(H,26,27)/t17-/m0/s1. The Kier molecular flexibility index (Phi) is 7.05. The minimum Gasteiger partial charge on any atom is -0.342 e. The monoisotopic (exact) mass is 450 g/mol. The maximum Gasteiger partial charge on any atom is 0.253 e. The van der Waals surface area contributed by atoms with E-state index in [4.69, 9.17) is 23.2 Å². The van der Waals surface area contributed by atoms with Crippen LogP contribution in [0.1, 0.15) is 22.6 Å². The molecule has 1 aromatic heterocycles. The van der Waals surface area contributed by atoms with Crippen molar-refractivity contribution in [3.05, 3.63) is 57.8 Å². The number of H-pyrrole nitrogens is 1. The molecular formula is C20H20Cl2N4O2S. The number of hydrogen-bond donors (Lipinski definition) is 3. The molecule has 0 fully saturated rings. The summed E-state index contributed by atoms with van der Waals surface area (Å²) in [6.07, 6.45) is 2.43. The number of halogens is 2. The number of aromatic nitrogens is 2. The highest BCUT2D eigenvalue weighted by Crippen LogP contribution is 2.21. The van der Waals surface area contributed by atoms with Crippen LogP contribution in [0, 0.1) is 6.92 Å². The lowest BCUT2D eigenvalue weighted by Crippen LogP contribution is -2.44. The fraction of sp³-hybridized carbons (Fsp3) is 0.250. The van der Waals surface area contributed by atoms with Crippen molar-refractivity contribution in [3.8, 4) is 0 Å². The van der Waals surface area contributed by atoms with E-state index in [0.717, 1.165) is 16.9 Å². The van der Waals surface area contributed by atoms with Gasteiger partial charge in [-0.15, -0.1) is 0 Å². The molecule has 2 amide bonds. The number of anilines is 1. The Labute approximate surface area is 182 Å². The summed E-state index contributed by atoms with van der Waals surface area (Å²) >= 11 is 13.6. The number of carbonyl (C=O) groups excluding carboxylic acids is 2. The molecule has 0 aliphatic carbocycles. The highest BCUT2D eigenvalue weighted by Gasteiger charge is 2.22. The predicted molar refractivity (Wildman–Crippen MR) is 120 cm³/mol. The number of thioether (sulfide) groups is 1. The zero-order valence-electron chi connectivity index (χ0n) is 15.9. The number of carbonyl (C=O) groups is 2. The van der Waals surface area contributed by atoms with Crippen molar-refractivity contribution in [1.82, 2.24) is 15.3 Å². The fourth-order valence-corrected chi connectivity index (χ4v) is 3.82. The van der Waals surface area contributed by atoms with Gasteiger partial charge in [-0.2, -0.15) is 11.8 Å². The third-order valence-corrected chi connectivity index (χ3v) is 5.47. The van der Waals surface area contributed by atoms with Gasteiger partial charge in [0, 0.05) is 10.7 Å². The number of aromatic amines is 1. The van der Waals surface area contributed by atoms with E-state index in [1.54, 1.807) is 23.9 Å². The average molecular weight is 451 g/mol. The molecule has 0 radical (unpaired) electrons. The molecule has 1 heterocycles. The number of fused-ring (bicyclic) bond motifs is 1. The van der Waals surface area contributed by atoms with E-state index in [1.807, 2.05) is 25.3 Å². The first-order valence-electron chi connectivity index (χ1n) is 8.89. The lowest BCUT2D eigenvalue weighted by molar-refractivity contribution is -0.118.